The van der Waals surface area contributed by atoms with E-state index in [9.17, 15) is 4.21 Å². The lowest BCUT2D eigenvalue weighted by molar-refractivity contribution is 0.148. The van der Waals surface area contributed by atoms with Gasteiger partial charge in [-0.2, -0.15) is 0 Å². The molecule has 0 aromatic heterocycles. The van der Waals surface area contributed by atoms with Gasteiger partial charge < -0.3 is 4.74 Å². The largest absolute Gasteiger partial charge is 0.380 e. The summed E-state index contributed by atoms with van der Waals surface area (Å²) in [5.74, 6) is 0. The number of hydrogen-bond acceptors (Lipinski definition) is 3. The van der Waals surface area contributed by atoms with Crippen molar-refractivity contribution in [3.63, 3.8) is 0 Å². The average Bonchev–Trinajstić information content (AvgIpc) is 2.10. The zero-order valence-electron chi connectivity index (χ0n) is 6.71. The molecule has 4 nitrogen and oxygen atoms in total. The Morgan fingerprint density at radius 1 is 1.45 bits per heavy atom. The summed E-state index contributed by atoms with van der Waals surface area (Å²) in [7, 11) is -2.50. The summed E-state index contributed by atoms with van der Waals surface area (Å²) in [6, 6.07) is 0. The molecule has 0 aliphatic carbocycles. The average molecular weight is 178 g/mol. The molecule has 11 heavy (non-hydrogen) atoms. The van der Waals surface area contributed by atoms with E-state index in [0.717, 1.165) is 19.6 Å². The molecule has 1 unspecified atom stereocenters. The Balaban J connectivity index is 2.57. The topological polar surface area (TPSA) is 53.4 Å². The number of ether oxygens (including phenoxy) is 1. The highest BCUT2D eigenvalue weighted by Crippen LogP contribution is 2.03. The summed E-state index contributed by atoms with van der Waals surface area (Å²) < 4.78 is 25.4. The van der Waals surface area contributed by atoms with Crippen LogP contribution in [-0.2, 0) is 14.7 Å². The van der Waals surface area contributed by atoms with Gasteiger partial charge in [-0.3, -0.25) is 0 Å². The van der Waals surface area contributed by atoms with E-state index in [1.54, 1.807) is 4.31 Å². The lowest BCUT2D eigenvalue weighted by Gasteiger charge is -2.18. The third-order valence-corrected chi connectivity index (χ3v) is 3.02. The molecule has 0 bridgehead atoms. The van der Waals surface area contributed by atoms with E-state index in [1.807, 2.05) is 0 Å². The van der Waals surface area contributed by atoms with Gasteiger partial charge >= 0.3 is 0 Å². The number of nitrogens with one attached hydrogen (secondary N) is 1. The summed E-state index contributed by atoms with van der Waals surface area (Å²) in [6.07, 6.45) is 2.34. The van der Waals surface area contributed by atoms with Crippen LogP contribution in [0.15, 0.2) is 0 Å². The minimum Gasteiger partial charge on any atom is -0.380 e. The van der Waals surface area contributed by atoms with Gasteiger partial charge in [-0.15, -0.1) is 0 Å². The standard InChI is InChI=1S/C6H14N2O2S/c1-11(7,9)8-3-2-5-10-6-4-8/h7H,2-6H2,1H3. The van der Waals surface area contributed by atoms with Crippen LogP contribution in [0.2, 0.25) is 0 Å². The van der Waals surface area contributed by atoms with Crippen LogP contribution in [0.4, 0.5) is 0 Å². The van der Waals surface area contributed by atoms with Crippen molar-refractivity contribution >= 4 is 9.92 Å². The molecule has 1 saturated heterocycles. The Labute approximate surface area is 67.6 Å². The molecule has 1 fully saturated rings. The van der Waals surface area contributed by atoms with Crippen LogP contribution in [0, 0.1) is 4.78 Å². The van der Waals surface area contributed by atoms with E-state index >= 15 is 0 Å². The van der Waals surface area contributed by atoms with E-state index in [-0.39, 0.29) is 0 Å². The zero-order valence-corrected chi connectivity index (χ0v) is 7.52. The molecular weight excluding hydrogens is 164 g/mol. The third-order valence-electron chi connectivity index (χ3n) is 1.67. The number of rotatable bonds is 1. The van der Waals surface area contributed by atoms with Crippen LogP contribution < -0.4 is 0 Å². The smallest absolute Gasteiger partial charge is 0.104 e. The molecule has 0 amide bonds. The molecule has 0 aromatic rings. The molecule has 0 saturated carbocycles. The number of nitrogens with zero attached hydrogens (tertiary/aromatic N) is 1. The molecule has 0 spiro atoms. The van der Waals surface area contributed by atoms with Gasteiger partial charge in [-0.05, 0) is 6.42 Å². The highest BCUT2D eigenvalue weighted by Gasteiger charge is 2.14. The van der Waals surface area contributed by atoms with Gasteiger partial charge in [0.2, 0.25) is 0 Å². The Hall–Kier alpha value is -0.130. The summed E-state index contributed by atoms with van der Waals surface area (Å²) >= 11 is 0. The Kier molecular flexibility index (Phi) is 2.86. The molecule has 1 aliphatic rings. The van der Waals surface area contributed by atoms with Crippen LogP contribution >= 0.6 is 0 Å². The Morgan fingerprint density at radius 2 is 2.18 bits per heavy atom. The first kappa shape index (κ1) is 8.96. The van der Waals surface area contributed by atoms with Crippen LogP contribution in [0.3, 0.4) is 0 Å². The molecular formula is C6H14N2O2S. The molecule has 1 aliphatic heterocycles. The molecule has 0 aromatic carbocycles. The summed E-state index contributed by atoms with van der Waals surface area (Å²) in [4.78, 5) is 0. The Morgan fingerprint density at radius 3 is 2.82 bits per heavy atom. The predicted octanol–water partition coefficient (Wildman–Crippen LogP) is 0.300. The van der Waals surface area contributed by atoms with Crippen LogP contribution in [-0.4, -0.2) is 41.1 Å². The van der Waals surface area contributed by atoms with E-state index in [0.29, 0.717) is 13.2 Å². The fourth-order valence-electron chi connectivity index (χ4n) is 1.07. The van der Waals surface area contributed by atoms with Crippen molar-refractivity contribution in [1.82, 2.24) is 4.31 Å². The molecule has 0 radical (unpaired) electrons. The normalized spacial score (nSPS) is 27.4. The van der Waals surface area contributed by atoms with Crippen molar-refractivity contribution in [2.75, 3.05) is 32.6 Å². The molecule has 1 atom stereocenters. The predicted molar refractivity (Wildman–Crippen MR) is 43.8 cm³/mol. The maximum Gasteiger partial charge on any atom is 0.104 e. The summed E-state index contributed by atoms with van der Waals surface area (Å²) in [5, 5.41) is 0. The van der Waals surface area contributed by atoms with Crippen molar-refractivity contribution in [2.45, 2.75) is 6.42 Å². The minimum atomic E-state index is -2.50. The van der Waals surface area contributed by atoms with Gasteiger partial charge in [0, 0.05) is 26.0 Å². The molecule has 1 heterocycles. The van der Waals surface area contributed by atoms with E-state index < -0.39 is 9.92 Å². The van der Waals surface area contributed by atoms with Crippen molar-refractivity contribution in [1.29, 1.82) is 4.78 Å². The molecule has 5 heteroatoms. The SMILES string of the molecule is CS(=N)(=O)N1CCCOCC1. The highest BCUT2D eigenvalue weighted by molar-refractivity contribution is 7.89. The van der Waals surface area contributed by atoms with Gasteiger partial charge in [-0.25, -0.2) is 13.3 Å². The lowest BCUT2D eigenvalue weighted by Crippen LogP contribution is -2.31. The highest BCUT2D eigenvalue weighted by atomic mass is 32.2. The fraction of sp³-hybridized carbons (Fsp3) is 1.00. The number of hydrogen-bond donors (Lipinski definition) is 1. The quantitative estimate of drug-likeness (QED) is 0.628. The first-order valence-electron chi connectivity index (χ1n) is 3.67. The Bertz CT molecular complexity index is 205. The molecule has 1 rings (SSSR count). The van der Waals surface area contributed by atoms with E-state index in [2.05, 4.69) is 0 Å². The van der Waals surface area contributed by atoms with Crippen molar-refractivity contribution in [3.8, 4) is 0 Å². The third kappa shape index (κ3) is 2.76. The second-order valence-corrected chi connectivity index (χ2v) is 4.82. The van der Waals surface area contributed by atoms with E-state index in [4.69, 9.17) is 9.52 Å². The minimum absolute atomic E-state index is 0.601. The second-order valence-electron chi connectivity index (χ2n) is 2.70. The summed E-state index contributed by atoms with van der Waals surface area (Å²) in [5.41, 5.74) is 0. The van der Waals surface area contributed by atoms with Crippen molar-refractivity contribution in [2.24, 2.45) is 0 Å². The fourth-order valence-corrected chi connectivity index (χ4v) is 1.97. The van der Waals surface area contributed by atoms with Crippen LogP contribution in [0.1, 0.15) is 6.42 Å². The van der Waals surface area contributed by atoms with Crippen molar-refractivity contribution < 1.29 is 8.95 Å². The maximum absolute atomic E-state index is 11.2. The summed E-state index contributed by atoms with van der Waals surface area (Å²) in [6.45, 7) is 2.67. The van der Waals surface area contributed by atoms with E-state index in [1.165, 1.54) is 6.26 Å². The molecule has 1 N–H and O–H groups in total. The van der Waals surface area contributed by atoms with Gasteiger partial charge in [-0.1, -0.05) is 0 Å². The van der Waals surface area contributed by atoms with Gasteiger partial charge in [0.25, 0.3) is 0 Å². The zero-order chi connectivity index (χ0) is 8.32. The molecule has 66 valence electrons. The van der Waals surface area contributed by atoms with Crippen molar-refractivity contribution in [3.05, 3.63) is 0 Å². The first-order chi connectivity index (χ1) is 5.11. The maximum atomic E-state index is 11.2. The monoisotopic (exact) mass is 178 g/mol. The lowest BCUT2D eigenvalue weighted by atomic mass is 10.5. The van der Waals surface area contributed by atoms with Crippen LogP contribution in [0.25, 0.3) is 0 Å². The second kappa shape index (κ2) is 3.51. The van der Waals surface area contributed by atoms with Crippen LogP contribution in [0.5, 0.6) is 0 Å². The van der Waals surface area contributed by atoms with Gasteiger partial charge in [0.05, 0.1) is 6.61 Å². The first-order valence-corrected chi connectivity index (χ1v) is 5.59. The van der Waals surface area contributed by atoms with Gasteiger partial charge in [0.15, 0.2) is 0 Å². The van der Waals surface area contributed by atoms with Gasteiger partial charge in [0.1, 0.15) is 9.92 Å².